The van der Waals surface area contributed by atoms with Gasteiger partial charge in [0.1, 0.15) is 5.69 Å². The van der Waals surface area contributed by atoms with Crippen LogP contribution in [-0.2, 0) is 10.0 Å². The Morgan fingerprint density at radius 2 is 1.90 bits per heavy atom. The number of hydrogen-bond acceptors (Lipinski definition) is 5. The van der Waals surface area contributed by atoms with Crippen molar-refractivity contribution in [1.29, 1.82) is 0 Å². The number of rotatable bonds is 7. The average molecular weight is 315 g/mol. The first-order valence-corrected chi connectivity index (χ1v) is 8.18. The molecule has 3 N–H and O–H groups in total. The number of hydrogen-bond donors (Lipinski definition) is 2. The molecule has 0 aliphatic rings. The van der Waals surface area contributed by atoms with Gasteiger partial charge >= 0.3 is 0 Å². The van der Waals surface area contributed by atoms with Crippen molar-refractivity contribution in [2.75, 3.05) is 5.73 Å². The minimum atomic E-state index is -3.79. The smallest absolute Gasteiger partial charge is 0.293 e. The maximum absolute atomic E-state index is 12.2. The van der Waals surface area contributed by atoms with E-state index < -0.39 is 20.6 Å². The lowest BCUT2D eigenvalue weighted by Gasteiger charge is -2.15. The lowest BCUT2D eigenvalue weighted by molar-refractivity contribution is -0.384. The number of nitrogens with one attached hydrogen (secondary N) is 1. The molecule has 0 saturated heterocycles. The zero-order valence-corrected chi connectivity index (χ0v) is 13.2. The molecule has 0 saturated carbocycles. The standard InChI is InChI=1S/C13H21N3O4S/c1-9(2)4-5-10(3)15-21(19,20)11-6-7-12(14)13(8-11)16(17)18/h6-10,15H,4-5,14H2,1-3H3. The second kappa shape index (κ2) is 6.86. The fourth-order valence-corrected chi connectivity index (χ4v) is 3.12. The highest BCUT2D eigenvalue weighted by Gasteiger charge is 2.21. The van der Waals surface area contributed by atoms with Crippen LogP contribution in [0.4, 0.5) is 11.4 Å². The molecule has 1 aromatic rings. The molecule has 0 aliphatic heterocycles. The Hall–Kier alpha value is -1.67. The minimum absolute atomic E-state index is 0.0631. The first-order valence-electron chi connectivity index (χ1n) is 6.69. The van der Waals surface area contributed by atoms with Gasteiger partial charge in [-0.1, -0.05) is 13.8 Å². The third-order valence-corrected chi connectivity index (χ3v) is 4.63. The Morgan fingerprint density at radius 1 is 1.29 bits per heavy atom. The highest BCUT2D eigenvalue weighted by molar-refractivity contribution is 7.89. The quantitative estimate of drug-likeness (QED) is 0.455. The molecule has 0 aromatic heterocycles. The van der Waals surface area contributed by atoms with Gasteiger partial charge in [-0.15, -0.1) is 0 Å². The van der Waals surface area contributed by atoms with Gasteiger partial charge in [-0.2, -0.15) is 0 Å². The molecule has 7 nitrogen and oxygen atoms in total. The van der Waals surface area contributed by atoms with Crippen LogP contribution in [0.25, 0.3) is 0 Å². The minimum Gasteiger partial charge on any atom is -0.393 e. The third-order valence-electron chi connectivity index (χ3n) is 3.04. The average Bonchev–Trinajstić information content (AvgIpc) is 2.35. The highest BCUT2D eigenvalue weighted by atomic mass is 32.2. The van der Waals surface area contributed by atoms with Gasteiger partial charge in [-0.3, -0.25) is 10.1 Å². The number of benzene rings is 1. The van der Waals surface area contributed by atoms with Gasteiger partial charge in [0, 0.05) is 12.1 Å². The van der Waals surface area contributed by atoms with Crippen molar-refractivity contribution < 1.29 is 13.3 Å². The van der Waals surface area contributed by atoms with Crippen LogP contribution in [0.5, 0.6) is 0 Å². The predicted octanol–water partition coefficient (Wildman–Crippen LogP) is 2.28. The van der Waals surface area contributed by atoms with Crippen LogP contribution in [-0.4, -0.2) is 19.4 Å². The molecule has 8 heteroatoms. The van der Waals surface area contributed by atoms with E-state index in [-0.39, 0.29) is 16.6 Å². The van der Waals surface area contributed by atoms with E-state index in [1.165, 1.54) is 12.1 Å². The Kier molecular flexibility index (Phi) is 5.68. The van der Waals surface area contributed by atoms with Crippen LogP contribution in [0.2, 0.25) is 0 Å². The second-order valence-electron chi connectivity index (χ2n) is 5.47. The number of nitro benzene ring substituents is 1. The van der Waals surface area contributed by atoms with E-state index in [1.807, 2.05) is 0 Å². The van der Waals surface area contributed by atoms with Gasteiger partial charge in [0.05, 0.1) is 9.82 Å². The molecule has 118 valence electrons. The molecule has 1 unspecified atom stereocenters. The summed E-state index contributed by atoms with van der Waals surface area (Å²) < 4.78 is 26.9. The zero-order valence-electron chi connectivity index (χ0n) is 12.4. The number of anilines is 1. The predicted molar refractivity (Wildman–Crippen MR) is 81.4 cm³/mol. The molecule has 21 heavy (non-hydrogen) atoms. The molecule has 0 amide bonds. The van der Waals surface area contributed by atoms with Crippen LogP contribution in [0.15, 0.2) is 23.1 Å². The second-order valence-corrected chi connectivity index (χ2v) is 7.19. The van der Waals surface area contributed by atoms with Crippen LogP contribution >= 0.6 is 0 Å². The molecular weight excluding hydrogens is 294 g/mol. The van der Waals surface area contributed by atoms with Crippen molar-refractivity contribution >= 4 is 21.4 Å². The normalized spacial score (nSPS) is 13.3. The van der Waals surface area contributed by atoms with Gasteiger partial charge in [-0.05, 0) is 37.8 Å². The monoisotopic (exact) mass is 315 g/mol. The topological polar surface area (TPSA) is 115 Å². The van der Waals surface area contributed by atoms with E-state index in [2.05, 4.69) is 18.6 Å². The number of nitrogens with two attached hydrogens (primary N) is 1. The van der Waals surface area contributed by atoms with Crippen LogP contribution < -0.4 is 10.5 Å². The largest absolute Gasteiger partial charge is 0.393 e. The first-order chi connectivity index (χ1) is 9.63. The van der Waals surface area contributed by atoms with Crippen LogP contribution in [0, 0.1) is 16.0 Å². The van der Waals surface area contributed by atoms with E-state index in [1.54, 1.807) is 6.92 Å². The molecule has 1 atom stereocenters. The summed E-state index contributed by atoms with van der Waals surface area (Å²) in [5, 5.41) is 10.8. The number of nitrogens with zero attached hydrogens (tertiary/aromatic N) is 1. The number of nitro groups is 1. The SMILES string of the molecule is CC(C)CCC(C)NS(=O)(=O)c1ccc(N)c([N+](=O)[O-])c1. The van der Waals surface area contributed by atoms with Gasteiger partial charge in [-0.25, -0.2) is 13.1 Å². The lowest BCUT2D eigenvalue weighted by Crippen LogP contribution is -2.32. The van der Waals surface area contributed by atoms with Crippen molar-refractivity contribution in [3.8, 4) is 0 Å². The Balaban J connectivity index is 2.93. The molecule has 0 spiro atoms. The first kappa shape index (κ1) is 17.4. The summed E-state index contributed by atoms with van der Waals surface area (Å²) >= 11 is 0. The van der Waals surface area contributed by atoms with E-state index >= 15 is 0 Å². The van der Waals surface area contributed by atoms with Gasteiger partial charge in [0.2, 0.25) is 10.0 Å². The van der Waals surface area contributed by atoms with Crippen LogP contribution in [0.3, 0.4) is 0 Å². The Bertz CT molecular complexity index is 614. The van der Waals surface area contributed by atoms with Crippen molar-refractivity contribution in [3.63, 3.8) is 0 Å². The van der Waals surface area contributed by atoms with Gasteiger partial charge < -0.3 is 5.73 Å². The summed E-state index contributed by atoms with van der Waals surface area (Å²) in [7, 11) is -3.79. The molecule has 0 radical (unpaired) electrons. The summed E-state index contributed by atoms with van der Waals surface area (Å²) in [6, 6.07) is 3.23. The molecule has 1 rings (SSSR count). The fraction of sp³-hybridized carbons (Fsp3) is 0.538. The van der Waals surface area contributed by atoms with Gasteiger partial charge in [0.25, 0.3) is 5.69 Å². The van der Waals surface area contributed by atoms with Crippen molar-refractivity contribution in [2.24, 2.45) is 5.92 Å². The molecule has 1 aromatic carbocycles. The summed E-state index contributed by atoms with van der Waals surface area (Å²) in [6.07, 6.45) is 1.60. The van der Waals surface area contributed by atoms with Crippen molar-refractivity contribution in [2.45, 2.75) is 44.6 Å². The molecule has 0 fully saturated rings. The maximum atomic E-state index is 12.2. The van der Waals surface area contributed by atoms with E-state index in [0.29, 0.717) is 12.3 Å². The molecule has 0 heterocycles. The summed E-state index contributed by atoms with van der Waals surface area (Å²) in [6.45, 7) is 5.89. The fourth-order valence-electron chi connectivity index (χ4n) is 1.82. The summed E-state index contributed by atoms with van der Waals surface area (Å²) in [5.41, 5.74) is 4.99. The third kappa shape index (κ3) is 4.98. The molecule has 0 aliphatic carbocycles. The number of nitrogen functional groups attached to an aromatic ring is 1. The number of sulfonamides is 1. The summed E-state index contributed by atoms with van der Waals surface area (Å²) in [4.78, 5) is 9.96. The van der Waals surface area contributed by atoms with E-state index in [9.17, 15) is 18.5 Å². The van der Waals surface area contributed by atoms with Gasteiger partial charge in [0.15, 0.2) is 0 Å². The maximum Gasteiger partial charge on any atom is 0.293 e. The van der Waals surface area contributed by atoms with E-state index in [4.69, 9.17) is 5.73 Å². The molecular formula is C13H21N3O4S. The highest BCUT2D eigenvalue weighted by Crippen LogP contribution is 2.25. The zero-order chi connectivity index (χ0) is 16.2. The van der Waals surface area contributed by atoms with Crippen molar-refractivity contribution in [3.05, 3.63) is 28.3 Å². The summed E-state index contributed by atoms with van der Waals surface area (Å²) in [5.74, 6) is 0.481. The Morgan fingerprint density at radius 3 is 2.43 bits per heavy atom. The Labute approximate surface area is 124 Å². The van der Waals surface area contributed by atoms with Crippen molar-refractivity contribution in [1.82, 2.24) is 4.72 Å². The van der Waals surface area contributed by atoms with Crippen LogP contribution in [0.1, 0.15) is 33.6 Å². The van der Waals surface area contributed by atoms with E-state index in [0.717, 1.165) is 12.5 Å². The molecule has 0 bridgehead atoms. The lowest BCUT2D eigenvalue weighted by atomic mass is 10.1.